The minimum absolute atomic E-state index is 0.0339. The van der Waals surface area contributed by atoms with Gasteiger partial charge >= 0.3 is 6.11 Å². The van der Waals surface area contributed by atoms with E-state index in [-0.39, 0.29) is 27.6 Å². The molecule has 6 rings (SSSR count). The lowest BCUT2D eigenvalue weighted by Crippen LogP contribution is -2.24. The van der Waals surface area contributed by atoms with E-state index in [2.05, 4.69) is 16.6 Å². The van der Waals surface area contributed by atoms with Crippen LogP contribution in [-0.4, -0.2) is 0 Å². The first-order valence-electron chi connectivity index (χ1n) is 14.6. The predicted octanol–water partition coefficient (Wildman–Crippen LogP) is 11.4. The molecule has 252 valence electrons. The lowest BCUT2D eigenvalue weighted by atomic mass is 9.97. The first-order valence-corrected chi connectivity index (χ1v) is 14.6. The first-order chi connectivity index (χ1) is 23.6. The van der Waals surface area contributed by atoms with Crippen LogP contribution in [0.5, 0.6) is 5.75 Å². The van der Waals surface area contributed by atoms with E-state index in [1.165, 1.54) is 25.1 Å². The summed E-state index contributed by atoms with van der Waals surface area (Å²) in [7, 11) is 0. The Labute approximate surface area is 278 Å². The van der Waals surface area contributed by atoms with Crippen LogP contribution in [0, 0.1) is 72.2 Å². The van der Waals surface area contributed by atoms with E-state index in [1.54, 1.807) is 19.1 Å². The van der Waals surface area contributed by atoms with Gasteiger partial charge in [0.15, 0.2) is 17.5 Å². The Kier molecular flexibility index (Phi) is 8.82. The number of hydrogen-bond acceptors (Lipinski definition) is 1. The van der Waals surface area contributed by atoms with Crippen LogP contribution >= 0.6 is 0 Å². The highest BCUT2D eigenvalue weighted by molar-refractivity contribution is 5.89. The summed E-state index contributed by atoms with van der Waals surface area (Å²) < 4.78 is 150. The third kappa shape index (κ3) is 6.49. The topological polar surface area (TPSA) is 9.23 Å². The Morgan fingerprint density at radius 3 is 1.90 bits per heavy atom. The van der Waals surface area contributed by atoms with Crippen molar-refractivity contribution in [2.75, 3.05) is 0 Å². The minimum Gasteiger partial charge on any atom is -0.429 e. The van der Waals surface area contributed by atoms with E-state index in [4.69, 9.17) is 0 Å². The summed E-state index contributed by atoms with van der Waals surface area (Å²) in [6.45, 7) is 3.10. The van der Waals surface area contributed by atoms with Crippen LogP contribution in [0.2, 0.25) is 0 Å². The minimum atomic E-state index is -4.35. The fraction of sp³-hybridized carbons (Fsp3) is 0.0769. The lowest BCUT2D eigenvalue weighted by Gasteiger charge is -2.20. The predicted molar refractivity (Wildman–Crippen MR) is 167 cm³/mol. The highest BCUT2D eigenvalue weighted by atomic mass is 19.3. The number of fused-ring (bicyclic) bond motifs is 1. The normalized spacial score (nSPS) is 11.4. The van der Waals surface area contributed by atoms with Crippen LogP contribution in [0.4, 0.5) is 43.9 Å². The number of hydrogen-bond donors (Lipinski definition) is 0. The van der Waals surface area contributed by atoms with Crippen molar-refractivity contribution in [3.8, 4) is 39.8 Å². The SMILES string of the molecule is Cc1ccc2c(F)c(-c3ccc(C#Cc4cc(F)c(C(F)(F)Oc5ccc(-c6cc(F)c(F)c(F)c6)c(F)c5)cc4C)c(F)c3)c(F)cc2c1. The molecule has 6 aromatic rings. The van der Waals surface area contributed by atoms with Gasteiger partial charge in [-0.25, -0.2) is 35.1 Å². The summed E-state index contributed by atoms with van der Waals surface area (Å²) in [6, 6.07) is 13.9. The van der Waals surface area contributed by atoms with E-state index in [1.807, 2.05) is 0 Å². The molecule has 0 fully saturated rings. The molecule has 0 aliphatic carbocycles. The Morgan fingerprint density at radius 1 is 0.540 bits per heavy atom. The van der Waals surface area contributed by atoms with Gasteiger partial charge in [0.25, 0.3) is 0 Å². The van der Waals surface area contributed by atoms with E-state index >= 15 is 22.0 Å². The third-order valence-corrected chi connectivity index (χ3v) is 7.88. The second kappa shape index (κ2) is 12.9. The van der Waals surface area contributed by atoms with E-state index < -0.39 is 80.6 Å². The molecular weight excluding hydrogens is 674 g/mol. The van der Waals surface area contributed by atoms with Gasteiger partial charge in [0.2, 0.25) is 0 Å². The molecule has 11 heteroatoms. The lowest BCUT2D eigenvalue weighted by molar-refractivity contribution is -0.187. The van der Waals surface area contributed by atoms with Gasteiger partial charge in [-0.05, 0) is 90.5 Å². The number of ether oxygens (including phenoxy) is 1. The first kappa shape index (κ1) is 34.1. The molecule has 0 spiro atoms. The maximum Gasteiger partial charge on any atom is 0.429 e. The van der Waals surface area contributed by atoms with E-state index in [0.29, 0.717) is 29.7 Å². The van der Waals surface area contributed by atoms with Crippen molar-refractivity contribution in [1.29, 1.82) is 0 Å². The molecule has 0 atom stereocenters. The largest absolute Gasteiger partial charge is 0.429 e. The van der Waals surface area contributed by atoms with Crippen LogP contribution in [0.25, 0.3) is 33.0 Å². The van der Waals surface area contributed by atoms with Crippen molar-refractivity contribution in [2.45, 2.75) is 20.0 Å². The summed E-state index contributed by atoms with van der Waals surface area (Å²) in [6.07, 6.45) is -4.35. The highest BCUT2D eigenvalue weighted by Gasteiger charge is 2.38. The molecule has 0 aliphatic heterocycles. The molecule has 0 N–H and O–H groups in total. The van der Waals surface area contributed by atoms with Gasteiger partial charge in [-0.1, -0.05) is 41.7 Å². The van der Waals surface area contributed by atoms with E-state index in [0.717, 1.165) is 35.9 Å². The molecule has 0 radical (unpaired) electrons. The zero-order valence-corrected chi connectivity index (χ0v) is 25.8. The van der Waals surface area contributed by atoms with Crippen LogP contribution in [0.1, 0.15) is 27.8 Å². The summed E-state index contributed by atoms with van der Waals surface area (Å²) in [5, 5.41) is 0.490. The molecule has 0 unspecified atom stereocenters. The fourth-order valence-corrected chi connectivity index (χ4v) is 5.37. The Balaban J connectivity index is 1.24. The zero-order chi connectivity index (χ0) is 36.1. The molecular formula is C39H20F10O. The maximum atomic E-state index is 15.3. The van der Waals surface area contributed by atoms with Gasteiger partial charge in [-0.15, -0.1) is 0 Å². The quantitative estimate of drug-likeness (QED) is 0.0992. The van der Waals surface area contributed by atoms with Gasteiger partial charge in [-0.2, -0.15) is 8.78 Å². The molecule has 1 nitrogen and oxygen atoms in total. The Hall–Kier alpha value is -5.76. The van der Waals surface area contributed by atoms with Crippen molar-refractivity contribution in [1.82, 2.24) is 0 Å². The second-order valence-corrected chi connectivity index (χ2v) is 11.4. The smallest absolute Gasteiger partial charge is 0.429 e. The van der Waals surface area contributed by atoms with Crippen LogP contribution in [0.3, 0.4) is 0 Å². The summed E-state index contributed by atoms with van der Waals surface area (Å²) in [4.78, 5) is 0. The number of rotatable bonds is 5. The van der Waals surface area contributed by atoms with Crippen molar-refractivity contribution in [3.63, 3.8) is 0 Å². The van der Waals surface area contributed by atoms with Gasteiger partial charge in [0.1, 0.15) is 40.4 Å². The van der Waals surface area contributed by atoms with Crippen molar-refractivity contribution < 1.29 is 48.6 Å². The van der Waals surface area contributed by atoms with Crippen molar-refractivity contribution in [3.05, 3.63) is 159 Å². The summed E-state index contributed by atoms with van der Waals surface area (Å²) in [5.74, 6) is -6.17. The molecule has 50 heavy (non-hydrogen) atoms. The summed E-state index contributed by atoms with van der Waals surface area (Å²) >= 11 is 0. The monoisotopic (exact) mass is 694 g/mol. The van der Waals surface area contributed by atoms with Crippen molar-refractivity contribution >= 4 is 10.8 Å². The second-order valence-electron chi connectivity index (χ2n) is 11.4. The molecule has 6 aromatic carbocycles. The van der Waals surface area contributed by atoms with E-state index in [9.17, 15) is 22.0 Å². The average molecular weight is 695 g/mol. The molecule has 0 amide bonds. The molecule has 0 aliphatic rings. The molecule has 0 bridgehead atoms. The molecule has 0 saturated heterocycles. The number of aryl methyl sites for hydroxylation is 2. The van der Waals surface area contributed by atoms with Gasteiger partial charge < -0.3 is 4.74 Å². The average Bonchev–Trinajstić information content (AvgIpc) is 3.04. The number of alkyl halides is 2. The molecule has 0 saturated carbocycles. The van der Waals surface area contributed by atoms with Gasteiger partial charge in [-0.3, -0.25) is 0 Å². The zero-order valence-electron chi connectivity index (χ0n) is 25.8. The summed E-state index contributed by atoms with van der Waals surface area (Å²) in [5.41, 5.74) is -2.10. The standard InChI is InChI=1S/C39H20F10O/c1-19-3-9-28-24(11-19)15-33(43)36(37(28)46)23-7-5-21(30(40)14-23)4-6-22-13-32(42)29(12-20(22)2)39(48,49)50-26-8-10-27(31(41)18-26)25-16-34(44)38(47)35(45)17-25/h3,5,7-18H,1-2H3. The molecule has 0 heterocycles. The van der Waals surface area contributed by atoms with Crippen molar-refractivity contribution in [2.24, 2.45) is 0 Å². The van der Waals surface area contributed by atoms with Crippen LogP contribution in [0.15, 0.2) is 84.9 Å². The highest BCUT2D eigenvalue weighted by Crippen LogP contribution is 2.37. The number of halogens is 10. The Bertz CT molecular complexity index is 2380. The van der Waals surface area contributed by atoms with Gasteiger partial charge in [0.05, 0.1) is 11.1 Å². The van der Waals surface area contributed by atoms with Crippen LogP contribution in [-0.2, 0) is 6.11 Å². The number of benzene rings is 6. The van der Waals surface area contributed by atoms with Crippen LogP contribution < -0.4 is 4.74 Å². The maximum absolute atomic E-state index is 15.3. The van der Waals surface area contributed by atoms with Gasteiger partial charge in [0, 0.05) is 22.6 Å². The third-order valence-electron chi connectivity index (χ3n) is 7.88. The Morgan fingerprint density at radius 2 is 1.22 bits per heavy atom. The molecule has 0 aromatic heterocycles. The fourth-order valence-electron chi connectivity index (χ4n) is 5.37.